The topological polar surface area (TPSA) is 55.8 Å². The van der Waals surface area contributed by atoms with Gasteiger partial charge in [0.25, 0.3) is 0 Å². The van der Waals surface area contributed by atoms with E-state index in [-0.39, 0.29) is 19.1 Å². The summed E-state index contributed by atoms with van der Waals surface area (Å²) >= 11 is 0. The smallest absolute Gasteiger partial charge is 0.410 e. The van der Waals surface area contributed by atoms with Crippen LogP contribution in [0.1, 0.15) is 5.56 Å². The average Bonchev–Trinajstić information content (AvgIpc) is 2.87. The maximum Gasteiger partial charge on any atom is 0.410 e. The van der Waals surface area contributed by atoms with E-state index in [2.05, 4.69) is 11.3 Å². The molecule has 0 N–H and O–H groups in total. The standard InChI is InChI=1S/C15H17NO4/c1-11-8-16(9-13(11)14(17)19-2)15(18)20-10-12-6-4-3-5-7-12/h3-7,13H,1,8-10H2,2H3/t13-/m1/s1. The Bertz CT molecular complexity index is 512. The van der Waals surface area contributed by atoms with Gasteiger partial charge in [-0.1, -0.05) is 36.9 Å². The van der Waals surface area contributed by atoms with Crippen molar-refractivity contribution in [1.82, 2.24) is 4.90 Å². The van der Waals surface area contributed by atoms with Gasteiger partial charge in [-0.2, -0.15) is 0 Å². The van der Waals surface area contributed by atoms with Crippen LogP contribution in [0.25, 0.3) is 0 Å². The largest absolute Gasteiger partial charge is 0.469 e. The number of carbonyl (C=O) groups excluding carboxylic acids is 2. The first-order chi connectivity index (χ1) is 9.61. The zero-order valence-electron chi connectivity index (χ0n) is 11.4. The zero-order valence-corrected chi connectivity index (χ0v) is 11.4. The van der Waals surface area contributed by atoms with Crippen molar-refractivity contribution >= 4 is 12.1 Å². The second-order valence-corrected chi connectivity index (χ2v) is 4.65. The van der Waals surface area contributed by atoms with Gasteiger partial charge in [-0.05, 0) is 11.1 Å². The third-order valence-electron chi connectivity index (χ3n) is 3.24. The van der Waals surface area contributed by atoms with Crippen molar-refractivity contribution < 1.29 is 19.1 Å². The van der Waals surface area contributed by atoms with E-state index in [1.165, 1.54) is 12.0 Å². The third kappa shape index (κ3) is 3.17. The Morgan fingerprint density at radius 1 is 1.35 bits per heavy atom. The minimum atomic E-state index is -0.454. The van der Waals surface area contributed by atoms with E-state index in [4.69, 9.17) is 4.74 Å². The molecule has 1 aromatic rings. The molecular formula is C15H17NO4. The number of hydrogen-bond donors (Lipinski definition) is 0. The molecule has 1 aliphatic heterocycles. The van der Waals surface area contributed by atoms with E-state index >= 15 is 0 Å². The molecule has 0 aliphatic carbocycles. The third-order valence-corrected chi connectivity index (χ3v) is 3.24. The van der Waals surface area contributed by atoms with Crippen LogP contribution in [0.3, 0.4) is 0 Å². The average molecular weight is 275 g/mol. The van der Waals surface area contributed by atoms with Gasteiger partial charge in [0, 0.05) is 13.1 Å². The van der Waals surface area contributed by atoms with Crippen LogP contribution in [0, 0.1) is 5.92 Å². The van der Waals surface area contributed by atoms with Crippen molar-refractivity contribution in [3.63, 3.8) is 0 Å². The Kier molecular flexibility index (Phi) is 4.40. The van der Waals surface area contributed by atoms with Crippen molar-refractivity contribution in [2.45, 2.75) is 6.61 Å². The first kappa shape index (κ1) is 14.1. The highest BCUT2D eigenvalue weighted by atomic mass is 16.6. The Labute approximate surface area is 117 Å². The van der Waals surface area contributed by atoms with E-state index in [9.17, 15) is 9.59 Å². The van der Waals surface area contributed by atoms with Gasteiger partial charge in [0.2, 0.25) is 0 Å². The minimum Gasteiger partial charge on any atom is -0.469 e. The second-order valence-electron chi connectivity index (χ2n) is 4.65. The summed E-state index contributed by atoms with van der Waals surface area (Å²) < 4.78 is 9.90. The predicted octanol–water partition coefficient (Wildman–Crippen LogP) is 1.98. The number of hydrogen-bond acceptors (Lipinski definition) is 4. The van der Waals surface area contributed by atoms with Crippen molar-refractivity contribution in [3.8, 4) is 0 Å². The number of rotatable bonds is 3. The van der Waals surface area contributed by atoms with Crippen LogP contribution in [-0.2, 0) is 20.9 Å². The molecule has 5 nitrogen and oxygen atoms in total. The molecule has 0 saturated carbocycles. The maximum absolute atomic E-state index is 11.9. The van der Waals surface area contributed by atoms with E-state index in [1.54, 1.807) is 0 Å². The van der Waals surface area contributed by atoms with E-state index in [1.807, 2.05) is 30.3 Å². The molecule has 1 saturated heterocycles. The molecule has 1 heterocycles. The van der Waals surface area contributed by atoms with Gasteiger partial charge in [-0.15, -0.1) is 0 Å². The highest BCUT2D eigenvalue weighted by molar-refractivity contribution is 5.79. The summed E-state index contributed by atoms with van der Waals surface area (Å²) in [6.07, 6.45) is -0.443. The van der Waals surface area contributed by atoms with Crippen LogP contribution in [0.15, 0.2) is 42.5 Å². The van der Waals surface area contributed by atoms with Gasteiger partial charge in [-0.25, -0.2) is 4.79 Å². The number of benzene rings is 1. The van der Waals surface area contributed by atoms with Gasteiger partial charge in [0.05, 0.1) is 13.0 Å². The molecule has 1 fully saturated rings. The molecule has 2 rings (SSSR count). The summed E-state index contributed by atoms with van der Waals surface area (Å²) in [5, 5.41) is 0. The molecule has 1 aromatic carbocycles. The van der Waals surface area contributed by atoms with Gasteiger partial charge < -0.3 is 14.4 Å². The highest BCUT2D eigenvalue weighted by Crippen LogP contribution is 2.23. The first-order valence-corrected chi connectivity index (χ1v) is 6.33. The van der Waals surface area contributed by atoms with Gasteiger partial charge in [-0.3, -0.25) is 4.79 Å². The fraction of sp³-hybridized carbons (Fsp3) is 0.333. The number of esters is 1. The molecule has 1 atom stereocenters. The van der Waals surface area contributed by atoms with E-state index < -0.39 is 12.0 Å². The molecule has 0 unspecified atom stereocenters. The van der Waals surface area contributed by atoms with Crippen LogP contribution in [0.4, 0.5) is 4.79 Å². The number of nitrogens with zero attached hydrogens (tertiary/aromatic N) is 1. The van der Waals surface area contributed by atoms with Crippen LogP contribution in [0.2, 0.25) is 0 Å². The van der Waals surface area contributed by atoms with E-state index in [0.717, 1.165) is 5.56 Å². The number of methoxy groups -OCH3 is 1. The molecular weight excluding hydrogens is 258 g/mol. The summed E-state index contributed by atoms with van der Waals surface area (Å²) in [4.78, 5) is 24.9. The lowest BCUT2D eigenvalue weighted by Crippen LogP contribution is -2.30. The Morgan fingerprint density at radius 3 is 2.70 bits per heavy atom. The lowest BCUT2D eigenvalue weighted by atomic mass is 10.1. The van der Waals surface area contributed by atoms with Gasteiger partial charge >= 0.3 is 12.1 Å². The minimum absolute atomic E-state index is 0.214. The normalized spacial score (nSPS) is 17.9. The SMILES string of the molecule is C=C1CN(C(=O)OCc2ccccc2)C[C@H]1C(=O)OC. The quantitative estimate of drug-likeness (QED) is 0.625. The lowest BCUT2D eigenvalue weighted by Gasteiger charge is -2.15. The van der Waals surface area contributed by atoms with Crippen LogP contribution in [0.5, 0.6) is 0 Å². The number of ether oxygens (including phenoxy) is 2. The molecule has 5 heteroatoms. The van der Waals surface area contributed by atoms with E-state index in [0.29, 0.717) is 12.1 Å². The summed E-state index contributed by atoms with van der Waals surface area (Å²) in [6, 6.07) is 9.43. The Hall–Kier alpha value is -2.30. The summed E-state index contributed by atoms with van der Waals surface area (Å²) in [6.45, 7) is 4.61. The van der Waals surface area contributed by atoms with Crippen molar-refractivity contribution in [2.24, 2.45) is 5.92 Å². The summed E-state index contributed by atoms with van der Waals surface area (Å²) in [5.74, 6) is -0.822. The fourth-order valence-electron chi connectivity index (χ4n) is 2.10. The molecule has 106 valence electrons. The van der Waals surface area contributed by atoms with Gasteiger partial charge in [0.15, 0.2) is 0 Å². The molecule has 0 spiro atoms. The second kappa shape index (κ2) is 6.23. The van der Waals surface area contributed by atoms with Crippen molar-refractivity contribution in [2.75, 3.05) is 20.2 Å². The van der Waals surface area contributed by atoms with Crippen LogP contribution >= 0.6 is 0 Å². The number of amides is 1. The monoisotopic (exact) mass is 275 g/mol. The molecule has 1 aliphatic rings. The molecule has 1 amide bonds. The van der Waals surface area contributed by atoms with Crippen molar-refractivity contribution in [3.05, 3.63) is 48.0 Å². The number of carbonyl (C=O) groups is 2. The van der Waals surface area contributed by atoms with Crippen LogP contribution < -0.4 is 0 Å². The Balaban J connectivity index is 1.88. The lowest BCUT2D eigenvalue weighted by molar-refractivity contribution is -0.143. The van der Waals surface area contributed by atoms with Gasteiger partial charge in [0.1, 0.15) is 6.61 Å². The molecule has 0 bridgehead atoms. The summed E-state index contributed by atoms with van der Waals surface area (Å²) in [7, 11) is 1.33. The number of likely N-dealkylation sites (tertiary alicyclic amines) is 1. The fourth-order valence-corrected chi connectivity index (χ4v) is 2.10. The Morgan fingerprint density at radius 2 is 2.05 bits per heavy atom. The summed E-state index contributed by atoms with van der Waals surface area (Å²) in [5.41, 5.74) is 1.59. The highest BCUT2D eigenvalue weighted by Gasteiger charge is 2.35. The molecule has 0 aromatic heterocycles. The molecule has 0 radical (unpaired) electrons. The van der Waals surface area contributed by atoms with Crippen LogP contribution in [-0.4, -0.2) is 37.2 Å². The maximum atomic E-state index is 11.9. The first-order valence-electron chi connectivity index (χ1n) is 6.33. The van der Waals surface area contributed by atoms with Crippen molar-refractivity contribution in [1.29, 1.82) is 0 Å². The zero-order chi connectivity index (χ0) is 14.5. The molecule has 20 heavy (non-hydrogen) atoms. The predicted molar refractivity (Wildman–Crippen MR) is 72.8 cm³/mol.